The zero-order valence-electron chi connectivity index (χ0n) is 17.9. The van der Waals surface area contributed by atoms with Crippen molar-refractivity contribution in [2.75, 3.05) is 18.4 Å². The number of hydrogen-bond acceptors (Lipinski definition) is 5. The first-order valence-corrected chi connectivity index (χ1v) is 10.6. The van der Waals surface area contributed by atoms with Crippen LogP contribution in [-0.4, -0.2) is 46.3 Å². The fourth-order valence-corrected chi connectivity index (χ4v) is 5.16. The van der Waals surface area contributed by atoms with Crippen molar-refractivity contribution >= 4 is 17.7 Å². The molecule has 2 atom stereocenters. The molecule has 5 rings (SSSR count). The molecule has 0 bridgehead atoms. The van der Waals surface area contributed by atoms with Gasteiger partial charge in [-0.05, 0) is 43.5 Å². The Hall–Kier alpha value is -3.65. The highest BCUT2D eigenvalue weighted by Gasteiger charge is 2.54. The summed E-state index contributed by atoms with van der Waals surface area (Å²) in [4.78, 5) is 27.0. The molecule has 0 saturated carbocycles. The van der Waals surface area contributed by atoms with Gasteiger partial charge in [0.1, 0.15) is 5.76 Å². The van der Waals surface area contributed by atoms with E-state index < -0.39 is 11.6 Å². The van der Waals surface area contributed by atoms with E-state index in [0.717, 1.165) is 39.4 Å². The number of fused-ring (bicyclic) bond motifs is 1. The maximum atomic E-state index is 13.7. The van der Waals surface area contributed by atoms with Crippen LogP contribution in [0.2, 0.25) is 0 Å². The van der Waals surface area contributed by atoms with Crippen molar-refractivity contribution in [2.24, 2.45) is 0 Å². The first kappa shape index (κ1) is 20.3. The van der Waals surface area contributed by atoms with Gasteiger partial charge in [-0.15, -0.1) is 0 Å². The largest absolute Gasteiger partial charge is 0.465 e. The van der Waals surface area contributed by atoms with Crippen LogP contribution in [0.15, 0.2) is 53.1 Å². The number of likely N-dealkylation sites (tertiary alicyclic amines) is 1. The number of nitrogens with zero attached hydrogens (tertiary/aromatic N) is 2. The van der Waals surface area contributed by atoms with Crippen LogP contribution in [0.4, 0.5) is 10.5 Å². The van der Waals surface area contributed by atoms with Gasteiger partial charge in [-0.2, -0.15) is 0 Å². The van der Waals surface area contributed by atoms with Crippen molar-refractivity contribution in [3.63, 3.8) is 0 Å². The summed E-state index contributed by atoms with van der Waals surface area (Å²) in [5.74, 6) is 0.586. The maximum Gasteiger partial charge on any atom is 0.404 e. The van der Waals surface area contributed by atoms with Gasteiger partial charge in [0.25, 0.3) is 5.91 Å². The molecule has 1 saturated heterocycles. The van der Waals surface area contributed by atoms with Gasteiger partial charge in [-0.25, -0.2) is 4.79 Å². The number of hydrogen-bond donors (Lipinski definition) is 3. The molecule has 8 nitrogen and oxygen atoms in total. The van der Waals surface area contributed by atoms with Crippen molar-refractivity contribution < 1.29 is 19.2 Å². The van der Waals surface area contributed by atoms with E-state index in [2.05, 4.69) is 20.7 Å². The summed E-state index contributed by atoms with van der Waals surface area (Å²) in [6.07, 6.45) is -0.421. The van der Waals surface area contributed by atoms with Crippen LogP contribution >= 0.6 is 0 Å². The lowest BCUT2D eigenvalue weighted by Gasteiger charge is -2.37. The summed E-state index contributed by atoms with van der Waals surface area (Å²) in [5.41, 5.74) is 4.03. The van der Waals surface area contributed by atoms with E-state index in [1.807, 2.05) is 62.4 Å². The molecule has 1 unspecified atom stereocenters. The summed E-state index contributed by atoms with van der Waals surface area (Å²) in [7, 11) is 0. The Morgan fingerprint density at radius 3 is 2.72 bits per heavy atom. The normalized spacial score (nSPS) is 22.6. The van der Waals surface area contributed by atoms with E-state index >= 15 is 0 Å². The second-order valence-corrected chi connectivity index (χ2v) is 8.37. The Labute approximate surface area is 185 Å². The second-order valence-electron chi connectivity index (χ2n) is 8.37. The van der Waals surface area contributed by atoms with Crippen molar-refractivity contribution in [1.29, 1.82) is 0 Å². The molecule has 1 aromatic heterocycles. The molecule has 2 aromatic carbocycles. The predicted molar refractivity (Wildman–Crippen MR) is 118 cm³/mol. The van der Waals surface area contributed by atoms with Crippen LogP contribution in [0.25, 0.3) is 11.1 Å². The molecule has 0 aliphatic carbocycles. The molecule has 2 aliphatic heterocycles. The van der Waals surface area contributed by atoms with Gasteiger partial charge in [0, 0.05) is 35.9 Å². The van der Waals surface area contributed by atoms with Crippen molar-refractivity contribution in [3.8, 4) is 11.1 Å². The van der Waals surface area contributed by atoms with Gasteiger partial charge in [-0.3, -0.25) is 9.69 Å². The molecule has 2 aliphatic rings. The topological polar surface area (TPSA) is 108 Å². The van der Waals surface area contributed by atoms with Gasteiger partial charge in [-0.1, -0.05) is 41.6 Å². The molecule has 1 fully saturated rings. The average molecular weight is 432 g/mol. The minimum atomic E-state index is -1.06. The molecule has 32 heavy (non-hydrogen) atoms. The maximum absolute atomic E-state index is 13.7. The van der Waals surface area contributed by atoms with Crippen molar-refractivity contribution in [1.82, 2.24) is 15.4 Å². The Morgan fingerprint density at radius 2 is 2.03 bits per heavy atom. The van der Waals surface area contributed by atoms with Gasteiger partial charge in [0.15, 0.2) is 5.54 Å². The molecular weight excluding hydrogens is 408 g/mol. The lowest BCUT2D eigenvalue weighted by molar-refractivity contribution is -0.124. The van der Waals surface area contributed by atoms with Crippen LogP contribution in [-0.2, 0) is 10.3 Å². The Bertz CT molecular complexity index is 1190. The smallest absolute Gasteiger partial charge is 0.404 e. The highest BCUT2D eigenvalue weighted by molar-refractivity contribution is 6.09. The minimum absolute atomic E-state index is 0.134. The van der Waals surface area contributed by atoms with Crippen molar-refractivity contribution in [3.05, 3.63) is 71.1 Å². The van der Waals surface area contributed by atoms with Crippen LogP contribution in [0.1, 0.15) is 29.0 Å². The Balaban J connectivity index is 1.68. The van der Waals surface area contributed by atoms with E-state index in [9.17, 15) is 14.7 Å². The Morgan fingerprint density at radius 1 is 1.25 bits per heavy atom. The highest BCUT2D eigenvalue weighted by atomic mass is 16.5. The highest BCUT2D eigenvalue weighted by Crippen LogP contribution is 2.48. The minimum Gasteiger partial charge on any atom is -0.465 e. The van der Waals surface area contributed by atoms with Crippen LogP contribution in [0.3, 0.4) is 0 Å². The number of nitrogens with one attached hydrogen (secondary N) is 2. The molecule has 3 heterocycles. The average Bonchev–Trinajstić information content (AvgIpc) is 3.44. The van der Waals surface area contributed by atoms with Gasteiger partial charge < -0.3 is 20.3 Å². The summed E-state index contributed by atoms with van der Waals surface area (Å²) in [6, 6.07) is 15.3. The number of amides is 2. The fourth-order valence-electron chi connectivity index (χ4n) is 5.16. The molecular formula is C24H24N4O4. The molecule has 8 heteroatoms. The number of carbonyl (C=O) groups excluding carboxylic acids is 1. The number of aromatic nitrogens is 1. The van der Waals surface area contributed by atoms with Crippen LogP contribution < -0.4 is 10.6 Å². The zero-order valence-corrected chi connectivity index (χ0v) is 17.9. The van der Waals surface area contributed by atoms with Crippen LogP contribution in [0.5, 0.6) is 0 Å². The summed E-state index contributed by atoms with van der Waals surface area (Å²) in [5, 5.41) is 18.9. The number of carboxylic acid groups (broad SMARTS) is 1. The second kappa shape index (κ2) is 7.49. The third-order valence-corrected chi connectivity index (χ3v) is 6.49. The molecule has 0 radical (unpaired) electrons. The van der Waals surface area contributed by atoms with E-state index in [0.29, 0.717) is 19.5 Å². The van der Waals surface area contributed by atoms with Gasteiger partial charge in [0.05, 0.1) is 5.69 Å². The summed E-state index contributed by atoms with van der Waals surface area (Å²) in [6.45, 7) is 4.79. The monoisotopic (exact) mass is 432 g/mol. The molecule has 0 spiro atoms. The van der Waals surface area contributed by atoms with E-state index in [1.165, 1.54) is 0 Å². The quantitative estimate of drug-likeness (QED) is 0.583. The predicted octanol–water partition coefficient (Wildman–Crippen LogP) is 3.50. The number of anilines is 1. The van der Waals surface area contributed by atoms with Crippen LogP contribution in [0, 0.1) is 13.8 Å². The number of rotatable bonds is 4. The number of benzene rings is 2. The zero-order chi connectivity index (χ0) is 22.5. The number of carbonyl (C=O) groups is 2. The first-order valence-electron chi connectivity index (χ1n) is 10.6. The first-order chi connectivity index (χ1) is 15.4. The van der Waals surface area contributed by atoms with Crippen molar-refractivity contribution in [2.45, 2.75) is 31.8 Å². The van der Waals surface area contributed by atoms with E-state index in [-0.39, 0.29) is 11.9 Å². The SMILES string of the molecule is Cc1noc(C)c1-c1ccc2c(c1)C(c1ccccc1)(N1CC[C@@H](NC(=O)O)C1)C(=O)N2. The lowest BCUT2D eigenvalue weighted by Crippen LogP contribution is -2.52. The number of aryl methyl sites for hydroxylation is 2. The van der Waals surface area contributed by atoms with E-state index in [4.69, 9.17) is 4.52 Å². The molecule has 3 aromatic rings. The lowest BCUT2D eigenvalue weighted by atomic mass is 9.81. The Kier molecular flexibility index (Phi) is 4.74. The summed E-state index contributed by atoms with van der Waals surface area (Å²) < 4.78 is 5.37. The van der Waals surface area contributed by atoms with Gasteiger partial charge >= 0.3 is 6.09 Å². The molecule has 2 amide bonds. The fraction of sp³-hybridized carbons (Fsp3) is 0.292. The standard InChI is InChI=1S/C24H24N4O4/c1-14-21(15(2)32-27-14)16-8-9-20-19(12-16)24(22(29)26-20,17-6-4-3-5-7-17)28-11-10-18(13-28)25-23(30)31/h3-9,12,18,25H,10-11,13H2,1-2H3,(H,26,29)(H,30,31)/t18-,24?/m1/s1. The third-order valence-electron chi connectivity index (χ3n) is 6.49. The third kappa shape index (κ3) is 2.98. The van der Waals surface area contributed by atoms with E-state index in [1.54, 1.807) is 0 Å². The molecule has 3 N–H and O–H groups in total. The summed E-state index contributed by atoms with van der Waals surface area (Å²) >= 11 is 0. The molecule has 164 valence electrons. The van der Waals surface area contributed by atoms with Gasteiger partial charge in [0.2, 0.25) is 0 Å².